The van der Waals surface area contributed by atoms with Gasteiger partial charge in [0.1, 0.15) is 11.6 Å². The maximum Gasteiger partial charge on any atom is 0.123 e. The highest BCUT2D eigenvalue weighted by Gasteiger charge is 2.23. The third kappa shape index (κ3) is 1.22. The molecule has 4 nitrogen and oxygen atoms in total. The van der Waals surface area contributed by atoms with Crippen molar-refractivity contribution < 1.29 is 4.42 Å². The molecule has 2 aromatic heterocycles. The first kappa shape index (κ1) is 8.73. The van der Waals surface area contributed by atoms with E-state index >= 15 is 0 Å². The van der Waals surface area contributed by atoms with Gasteiger partial charge in [-0.3, -0.25) is 0 Å². The van der Waals surface area contributed by atoms with Gasteiger partial charge in [0, 0.05) is 17.7 Å². The summed E-state index contributed by atoms with van der Waals surface area (Å²) >= 11 is 0. The van der Waals surface area contributed by atoms with E-state index < -0.39 is 0 Å². The molecule has 1 unspecified atom stereocenters. The summed E-state index contributed by atoms with van der Waals surface area (Å²) in [6, 6.07) is 1.92. The van der Waals surface area contributed by atoms with E-state index in [1.165, 1.54) is 5.69 Å². The lowest BCUT2D eigenvalue weighted by Gasteiger charge is -2.08. The lowest BCUT2D eigenvalue weighted by molar-refractivity contribution is 0.506. The number of aromatic amines is 1. The van der Waals surface area contributed by atoms with Crippen LogP contribution in [-0.4, -0.2) is 9.97 Å². The van der Waals surface area contributed by atoms with Crippen molar-refractivity contribution in [1.82, 2.24) is 9.97 Å². The highest BCUT2D eigenvalue weighted by atomic mass is 16.3. The Morgan fingerprint density at radius 3 is 3.20 bits per heavy atom. The van der Waals surface area contributed by atoms with Gasteiger partial charge in [0.25, 0.3) is 0 Å². The number of aryl methyl sites for hydroxylation is 2. The molecule has 3 N–H and O–H groups in total. The quantitative estimate of drug-likeness (QED) is 0.742. The molecule has 2 aromatic rings. The second-order valence-electron chi connectivity index (χ2n) is 4.00. The monoisotopic (exact) mass is 203 g/mol. The molecule has 2 heterocycles. The number of nitrogens with one attached hydrogen (secondary N) is 1. The van der Waals surface area contributed by atoms with Crippen molar-refractivity contribution in [2.45, 2.75) is 25.8 Å². The maximum absolute atomic E-state index is 5.80. The standard InChI is InChI=1S/C11H13N3O/c1-6(12)11-13-8-2-3-9-7(4-5-15-9)10(8)14-11/h4-6H,2-3,12H2,1H3,(H,13,14). The molecule has 1 aliphatic carbocycles. The molecule has 1 aliphatic rings. The second-order valence-corrected chi connectivity index (χ2v) is 4.00. The summed E-state index contributed by atoms with van der Waals surface area (Å²) in [4.78, 5) is 7.81. The van der Waals surface area contributed by atoms with Gasteiger partial charge in [0.2, 0.25) is 0 Å². The van der Waals surface area contributed by atoms with Crippen LogP contribution in [0.3, 0.4) is 0 Å². The third-order valence-electron chi connectivity index (χ3n) is 2.83. The first-order valence-corrected chi connectivity index (χ1v) is 5.17. The molecule has 0 amide bonds. The van der Waals surface area contributed by atoms with Gasteiger partial charge in [-0.15, -0.1) is 0 Å². The van der Waals surface area contributed by atoms with E-state index in [0.29, 0.717) is 0 Å². The van der Waals surface area contributed by atoms with Gasteiger partial charge in [-0.2, -0.15) is 0 Å². The van der Waals surface area contributed by atoms with E-state index in [4.69, 9.17) is 10.2 Å². The average molecular weight is 203 g/mol. The molecule has 1 atom stereocenters. The average Bonchev–Trinajstić information content (AvgIpc) is 2.82. The lowest BCUT2D eigenvalue weighted by atomic mass is 10.00. The first-order valence-electron chi connectivity index (χ1n) is 5.17. The lowest BCUT2D eigenvalue weighted by Crippen LogP contribution is -2.06. The van der Waals surface area contributed by atoms with E-state index in [1.807, 2.05) is 13.0 Å². The molecular formula is C11H13N3O. The zero-order chi connectivity index (χ0) is 10.4. The van der Waals surface area contributed by atoms with Crippen LogP contribution in [0.5, 0.6) is 0 Å². The molecule has 0 radical (unpaired) electrons. The van der Waals surface area contributed by atoms with Crippen molar-refractivity contribution in [2.24, 2.45) is 5.73 Å². The van der Waals surface area contributed by atoms with E-state index in [1.54, 1.807) is 6.26 Å². The molecule has 78 valence electrons. The minimum atomic E-state index is -0.0500. The van der Waals surface area contributed by atoms with Crippen molar-refractivity contribution in [3.05, 3.63) is 29.6 Å². The van der Waals surface area contributed by atoms with Crippen LogP contribution in [0.15, 0.2) is 16.7 Å². The zero-order valence-corrected chi connectivity index (χ0v) is 8.58. The topological polar surface area (TPSA) is 67.8 Å². The number of furan rings is 1. The van der Waals surface area contributed by atoms with Gasteiger partial charge in [0.05, 0.1) is 18.0 Å². The molecule has 15 heavy (non-hydrogen) atoms. The Hall–Kier alpha value is -1.55. The fourth-order valence-electron chi connectivity index (χ4n) is 2.03. The Balaban J connectivity index is 2.16. The number of H-pyrrole nitrogens is 1. The molecular weight excluding hydrogens is 190 g/mol. The van der Waals surface area contributed by atoms with Crippen molar-refractivity contribution >= 4 is 0 Å². The summed E-state index contributed by atoms with van der Waals surface area (Å²) in [5, 5.41) is 0. The molecule has 0 saturated heterocycles. The van der Waals surface area contributed by atoms with E-state index in [9.17, 15) is 0 Å². The molecule has 0 aromatic carbocycles. The normalized spacial score (nSPS) is 15.9. The van der Waals surface area contributed by atoms with Gasteiger partial charge < -0.3 is 15.1 Å². The van der Waals surface area contributed by atoms with Crippen LogP contribution in [-0.2, 0) is 12.8 Å². The van der Waals surface area contributed by atoms with Crippen LogP contribution in [0.1, 0.15) is 30.2 Å². The SMILES string of the molecule is CC(N)c1nc2c([nH]1)CCc1occc1-2. The zero-order valence-electron chi connectivity index (χ0n) is 8.58. The van der Waals surface area contributed by atoms with Crippen LogP contribution >= 0.6 is 0 Å². The van der Waals surface area contributed by atoms with Crippen LogP contribution in [0.2, 0.25) is 0 Å². The van der Waals surface area contributed by atoms with Crippen LogP contribution in [0.4, 0.5) is 0 Å². The van der Waals surface area contributed by atoms with Crippen molar-refractivity contribution in [1.29, 1.82) is 0 Å². The van der Waals surface area contributed by atoms with Crippen LogP contribution in [0, 0.1) is 0 Å². The highest BCUT2D eigenvalue weighted by molar-refractivity contribution is 5.66. The number of hydrogen-bond acceptors (Lipinski definition) is 3. The minimum absolute atomic E-state index is 0.0500. The predicted molar refractivity (Wildman–Crippen MR) is 56.3 cm³/mol. The Kier molecular flexibility index (Phi) is 1.73. The van der Waals surface area contributed by atoms with Gasteiger partial charge >= 0.3 is 0 Å². The van der Waals surface area contributed by atoms with Gasteiger partial charge in [-0.05, 0) is 19.4 Å². The fourth-order valence-corrected chi connectivity index (χ4v) is 2.03. The van der Waals surface area contributed by atoms with E-state index in [0.717, 1.165) is 35.7 Å². The van der Waals surface area contributed by atoms with Gasteiger partial charge in [-0.1, -0.05) is 0 Å². The largest absolute Gasteiger partial charge is 0.469 e. The maximum atomic E-state index is 5.80. The number of rotatable bonds is 1. The Morgan fingerprint density at radius 2 is 2.40 bits per heavy atom. The Labute approximate surface area is 87.5 Å². The molecule has 0 fully saturated rings. The number of nitrogens with zero attached hydrogens (tertiary/aromatic N) is 1. The summed E-state index contributed by atoms with van der Waals surface area (Å²) in [7, 11) is 0. The number of nitrogens with two attached hydrogens (primary N) is 1. The molecule has 0 spiro atoms. The number of imidazole rings is 1. The summed E-state index contributed by atoms with van der Waals surface area (Å²) in [6.07, 6.45) is 3.62. The van der Waals surface area contributed by atoms with Gasteiger partial charge in [-0.25, -0.2) is 4.98 Å². The van der Waals surface area contributed by atoms with Crippen molar-refractivity contribution in [3.63, 3.8) is 0 Å². The minimum Gasteiger partial charge on any atom is -0.469 e. The molecule has 4 heteroatoms. The summed E-state index contributed by atoms with van der Waals surface area (Å²) in [5.41, 5.74) is 9.10. The summed E-state index contributed by atoms with van der Waals surface area (Å²) in [6.45, 7) is 1.93. The molecule has 0 saturated carbocycles. The Morgan fingerprint density at radius 1 is 1.53 bits per heavy atom. The predicted octanol–water partition coefficient (Wildman–Crippen LogP) is 1.79. The second kappa shape index (κ2) is 2.97. The van der Waals surface area contributed by atoms with Crippen molar-refractivity contribution in [3.8, 4) is 11.3 Å². The summed E-state index contributed by atoms with van der Waals surface area (Å²) < 4.78 is 5.40. The fraction of sp³-hybridized carbons (Fsp3) is 0.364. The molecule has 0 bridgehead atoms. The Bertz CT molecular complexity index is 496. The highest BCUT2D eigenvalue weighted by Crippen LogP contribution is 2.33. The van der Waals surface area contributed by atoms with E-state index in [-0.39, 0.29) is 6.04 Å². The number of aromatic nitrogens is 2. The summed E-state index contributed by atoms with van der Waals surface area (Å²) in [5.74, 6) is 1.89. The number of fused-ring (bicyclic) bond motifs is 3. The smallest absolute Gasteiger partial charge is 0.123 e. The third-order valence-corrected chi connectivity index (χ3v) is 2.83. The first-order chi connectivity index (χ1) is 7.25. The van der Waals surface area contributed by atoms with Crippen molar-refractivity contribution in [2.75, 3.05) is 0 Å². The molecule has 3 rings (SSSR count). The number of hydrogen-bond donors (Lipinski definition) is 2. The molecule has 0 aliphatic heterocycles. The van der Waals surface area contributed by atoms with Gasteiger partial charge in [0.15, 0.2) is 0 Å². The van der Waals surface area contributed by atoms with Crippen LogP contribution in [0.25, 0.3) is 11.3 Å². The van der Waals surface area contributed by atoms with Crippen LogP contribution < -0.4 is 5.73 Å². The van der Waals surface area contributed by atoms with E-state index in [2.05, 4.69) is 9.97 Å².